The molecule has 0 bridgehead atoms. The van der Waals surface area contributed by atoms with E-state index in [1.165, 1.54) is 0 Å². The molecule has 0 radical (unpaired) electrons. The van der Waals surface area contributed by atoms with Crippen LogP contribution in [0.1, 0.15) is 0 Å². The SMILES string of the molecule is COc1cc(NN)c(OC)cc1Br. The number of hydrazine groups is 1. The van der Waals surface area contributed by atoms with Crippen LogP contribution in [0.15, 0.2) is 16.6 Å². The van der Waals surface area contributed by atoms with Crippen molar-refractivity contribution in [3.8, 4) is 11.5 Å². The first kappa shape index (κ1) is 10.1. The zero-order chi connectivity index (χ0) is 9.84. The zero-order valence-electron chi connectivity index (χ0n) is 7.43. The lowest BCUT2D eigenvalue weighted by Gasteiger charge is -2.11. The van der Waals surface area contributed by atoms with Gasteiger partial charge in [0, 0.05) is 12.1 Å². The van der Waals surface area contributed by atoms with Gasteiger partial charge < -0.3 is 14.9 Å². The van der Waals surface area contributed by atoms with E-state index in [1.807, 2.05) is 0 Å². The van der Waals surface area contributed by atoms with Gasteiger partial charge in [0.05, 0.1) is 24.4 Å². The average molecular weight is 247 g/mol. The number of anilines is 1. The maximum absolute atomic E-state index is 5.30. The quantitative estimate of drug-likeness (QED) is 0.631. The van der Waals surface area contributed by atoms with Gasteiger partial charge in [0.25, 0.3) is 0 Å². The van der Waals surface area contributed by atoms with Crippen molar-refractivity contribution in [2.45, 2.75) is 0 Å². The van der Waals surface area contributed by atoms with E-state index in [0.29, 0.717) is 17.2 Å². The van der Waals surface area contributed by atoms with Crippen molar-refractivity contribution in [1.29, 1.82) is 0 Å². The fourth-order valence-corrected chi connectivity index (χ4v) is 1.46. The zero-order valence-corrected chi connectivity index (χ0v) is 9.01. The summed E-state index contributed by atoms with van der Waals surface area (Å²) < 4.78 is 11.0. The second kappa shape index (κ2) is 4.34. The predicted molar refractivity (Wildman–Crippen MR) is 55.1 cm³/mol. The van der Waals surface area contributed by atoms with Crippen LogP contribution >= 0.6 is 15.9 Å². The molecule has 0 saturated carbocycles. The molecule has 1 aromatic carbocycles. The number of methoxy groups -OCH3 is 2. The number of hydrogen-bond acceptors (Lipinski definition) is 4. The van der Waals surface area contributed by atoms with Crippen molar-refractivity contribution >= 4 is 21.6 Å². The minimum Gasteiger partial charge on any atom is -0.495 e. The summed E-state index contributed by atoms with van der Waals surface area (Å²) in [6.45, 7) is 0. The molecule has 0 heterocycles. The third-order valence-corrected chi connectivity index (χ3v) is 2.25. The van der Waals surface area contributed by atoms with Crippen molar-refractivity contribution in [1.82, 2.24) is 0 Å². The second-order valence-electron chi connectivity index (χ2n) is 2.33. The van der Waals surface area contributed by atoms with Gasteiger partial charge in [-0.05, 0) is 15.9 Å². The monoisotopic (exact) mass is 246 g/mol. The number of nitrogen functional groups attached to an aromatic ring is 1. The van der Waals surface area contributed by atoms with E-state index in [2.05, 4.69) is 21.4 Å². The summed E-state index contributed by atoms with van der Waals surface area (Å²) in [7, 11) is 3.17. The fraction of sp³-hybridized carbons (Fsp3) is 0.250. The number of benzene rings is 1. The molecule has 0 aliphatic rings. The second-order valence-corrected chi connectivity index (χ2v) is 3.19. The van der Waals surface area contributed by atoms with Crippen LogP contribution in [0.2, 0.25) is 0 Å². The van der Waals surface area contributed by atoms with Crippen molar-refractivity contribution in [3.05, 3.63) is 16.6 Å². The number of nitrogens with one attached hydrogen (secondary N) is 1. The summed E-state index contributed by atoms with van der Waals surface area (Å²) in [6.07, 6.45) is 0. The van der Waals surface area contributed by atoms with Crippen LogP contribution in [0.4, 0.5) is 5.69 Å². The summed E-state index contributed by atoms with van der Waals surface area (Å²) in [4.78, 5) is 0. The van der Waals surface area contributed by atoms with Gasteiger partial charge in [-0.2, -0.15) is 0 Å². The molecular formula is C8H11BrN2O2. The molecule has 4 nitrogen and oxygen atoms in total. The highest BCUT2D eigenvalue weighted by Crippen LogP contribution is 2.35. The van der Waals surface area contributed by atoms with E-state index in [-0.39, 0.29) is 0 Å². The topological polar surface area (TPSA) is 56.5 Å². The Hall–Kier alpha value is -0.940. The molecule has 0 aliphatic heterocycles. The van der Waals surface area contributed by atoms with Gasteiger partial charge in [0.1, 0.15) is 11.5 Å². The first-order chi connectivity index (χ1) is 6.22. The molecule has 13 heavy (non-hydrogen) atoms. The summed E-state index contributed by atoms with van der Waals surface area (Å²) in [5, 5.41) is 0. The standard InChI is InChI=1S/C8H11BrN2O2/c1-12-7-4-6(11-10)8(13-2)3-5(7)9/h3-4,11H,10H2,1-2H3. The summed E-state index contributed by atoms with van der Waals surface area (Å²) in [6, 6.07) is 3.54. The number of rotatable bonds is 3. The van der Waals surface area contributed by atoms with E-state index in [0.717, 1.165) is 4.47 Å². The highest BCUT2D eigenvalue weighted by Gasteiger charge is 2.07. The molecule has 0 amide bonds. The largest absolute Gasteiger partial charge is 0.495 e. The van der Waals surface area contributed by atoms with E-state index in [1.54, 1.807) is 26.4 Å². The Kier molecular flexibility index (Phi) is 3.39. The van der Waals surface area contributed by atoms with Gasteiger partial charge in [0.15, 0.2) is 0 Å². The molecule has 5 heteroatoms. The van der Waals surface area contributed by atoms with Crippen molar-refractivity contribution in [2.75, 3.05) is 19.6 Å². The van der Waals surface area contributed by atoms with Gasteiger partial charge in [-0.25, -0.2) is 0 Å². The van der Waals surface area contributed by atoms with Crippen LogP contribution in [0.3, 0.4) is 0 Å². The van der Waals surface area contributed by atoms with Gasteiger partial charge in [-0.3, -0.25) is 5.84 Å². The molecule has 0 fully saturated rings. The Bertz CT molecular complexity index is 304. The summed E-state index contributed by atoms with van der Waals surface area (Å²) in [5.74, 6) is 6.66. The van der Waals surface area contributed by atoms with Crippen molar-refractivity contribution in [3.63, 3.8) is 0 Å². The average Bonchev–Trinajstić information content (AvgIpc) is 2.17. The molecular weight excluding hydrogens is 236 g/mol. The van der Waals surface area contributed by atoms with Gasteiger partial charge in [-0.15, -0.1) is 0 Å². The van der Waals surface area contributed by atoms with Crippen LogP contribution in [0.25, 0.3) is 0 Å². The molecule has 0 atom stereocenters. The summed E-state index contributed by atoms with van der Waals surface area (Å²) in [5.41, 5.74) is 3.21. The molecule has 72 valence electrons. The first-order valence-corrected chi connectivity index (χ1v) is 4.40. The minimum atomic E-state index is 0.662. The number of hydrogen-bond donors (Lipinski definition) is 2. The van der Waals surface area contributed by atoms with E-state index < -0.39 is 0 Å². The van der Waals surface area contributed by atoms with E-state index >= 15 is 0 Å². The molecule has 0 saturated heterocycles. The van der Waals surface area contributed by atoms with Gasteiger partial charge >= 0.3 is 0 Å². The Morgan fingerprint density at radius 1 is 1.23 bits per heavy atom. The van der Waals surface area contributed by atoms with Gasteiger partial charge in [-0.1, -0.05) is 0 Å². The number of halogens is 1. The van der Waals surface area contributed by atoms with Crippen LogP contribution in [0.5, 0.6) is 11.5 Å². The lowest BCUT2D eigenvalue weighted by molar-refractivity contribution is 0.402. The van der Waals surface area contributed by atoms with E-state index in [9.17, 15) is 0 Å². The highest BCUT2D eigenvalue weighted by atomic mass is 79.9. The van der Waals surface area contributed by atoms with Gasteiger partial charge in [0.2, 0.25) is 0 Å². The Labute approximate surface area is 85.1 Å². The normalized spacial score (nSPS) is 9.54. The van der Waals surface area contributed by atoms with Crippen LogP contribution in [0, 0.1) is 0 Å². The Morgan fingerprint density at radius 2 is 1.85 bits per heavy atom. The molecule has 1 aromatic rings. The lowest BCUT2D eigenvalue weighted by atomic mass is 10.3. The minimum absolute atomic E-state index is 0.662. The third-order valence-electron chi connectivity index (χ3n) is 1.63. The molecule has 0 aromatic heterocycles. The number of nitrogens with two attached hydrogens (primary N) is 1. The molecule has 1 rings (SSSR count). The predicted octanol–water partition coefficient (Wildman–Crippen LogP) is 1.75. The van der Waals surface area contributed by atoms with Crippen molar-refractivity contribution < 1.29 is 9.47 Å². The lowest BCUT2D eigenvalue weighted by Crippen LogP contribution is -2.08. The van der Waals surface area contributed by atoms with Crippen molar-refractivity contribution in [2.24, 2.45) is 5.84 Å². The van der Waals surface area contributed by atoms with E-state index in [4.69, 9.17) is 15.3 Å². The van der Waals surface area contributed by atoms with Crippen LogP contribution in [-0.4, -0.2) is 14.2 Å². The smallest absolute Gasteiger partial charge is 0.144 e. The van der Waals surface area contributed by atoms with Crippen LogP contribution in [-0.2, 0) is 0 Å². The first-order valence-electron chi connectivity index (χ1n) is 3.61. The summed E-state index contributed by atoms with van der Waals surface area (Å²) >= 11 is 3.34. The Balaban J connectivity index is 3.18. The maximum atomic E-state index is 5.30. The van der Waals surface area contributed by atoms with Crippen LogP contribution < -0.4 is 20.7 Å². The fourth-order valence-electron chi connectivity index (χ4n) is 0.973. The highest BCUT2D eigenvalue weighted by molar-refractivity contribution is 9.10. The number of ether oxygens (including phenoxy) is 2. The Morgan fingerprint density at radius 3 is 2.31 bits per heavy atom. The molecule has 0 unspecified atom stereocenters. The maximum Gasteiger partial charge on any atom is 0.144 e. The molecule has 3 N–H and O–H groups in total. The molecule has 0 spiro atoms. The third kappa shape index (κ3) is 2.05. The molecule has 0 aliphatic carbocycles.